The zero-order chi connectivity index (χ0) is 15.5. The minimum atomic E-state index is -3.79. The van der Waals surface area contributed by atoms with Gasteiger partial charge in [0, 0.05) is 6.20 Å². The van der Waals surface area contributed by atoms with Crippen molar-refractivity contribution in [1.82, 2.24) is 9.97 Å². The van der Waals surface area contributed by atoms with Crippen molar-refractivity contribution in [3.63, 3.8) is 0 Å². The molecule has 110 valence electrons. The minimum Gasteiger partial charge on any atom is -0.495 e. The number of carboxylic acids is 1. The predicted octanol–water partition coefficient (Wildman–Crippen LogP) is 1.16. The Bertz CT molecular complexity index is 774. The van der Waals surface area contributed by atoms with E-state index in [2.05, 4.69) is 9.97 Å². The van der Waals surface area contributed by atoms with Gasteiger partial charge in [0.1, 0.15) is 22.5 Å². The molecule has 8 heteroatoms. The third-order valence-corrected chi connectivity index (χ3v) is 4.42. The van der Waals surface area contributed by atoms with E-state index in [1.54, 1.807) is 12.1 Å². The summed E-state index contributed by atoms with van der Waals surface area (Å²) in [5.74, 6) is -1.62. The maximum Gasteiger partial charge on any atom is 0.339 e. The van der Waals surface area contributed by atoms with Crippen LogP contribution in [0.2, 0.25) is 0 Å². The average Bonchev–Trinajstić information content (AvgIpc) is 2.47. The Labute approximate surface area is 121 Å². The van der Waals surface area contributed by atoms with Gasteiger partial charge in [-0.05, 0) is 12.1 Å². The maximum atomic E-state index is 12.4. The highest BCUT2D eigenvalue weighted by molar-refractivity contribution is 7.90. The van der Waals surface area contributed by atoms with Crippen LogP contribution in [0.1, 0.15) is 16.1 Å². The van der Waals surface area contributed by atoms with Crippen LogP contribution in [0, 0.1) is 0 Å². The number of sulfone groups is 1. The van der Waals surface area contributed by atoms with Crippen LogP contribution in [-0.2, 0) is 15.6 Å². The first kappa shape index (κ1) is 14.9. The molecule has 1 aromatic carbocycles. The lowest BCUT2D eigenvalue weighted by Crippen LogP contribution is -2.12. The fourth-order valence-corrected chi connectivity index (χ4v) is 3.27. The summed E-state index contributed by atoms with van der Waals surface area (Å²) in [6, 6.07) is 6.12. The number of aromatic carboxylic acids is 1. The highest BCUT2D eigenvalue weighted by Gasteiger charge is 2.23. The van der Waals surface area contributed by atoms with Gasteiger partial charge in [-0.15, -0.1) is 0 Å². The second-order valence-electron chi connectivity index (χ2n) is 4.10. The van der Waals surface area contributed by atoms with Crippen LogP contribution in [0.5, 0.6) is 5.75 Å². The van der Waals surface area contributed by atoms with Crippen molar-refractivity contribution in [2.24, 2.45) is 0 Å². The van der Waals surface area contributed by atoms with Crippen molar-refractivity contribution in [2.75, 3.05) is 7.11 Å². The first-order valence-electron chi connectivity index (χ1n) is 5.83. The lowest BCUT2D eigenvalue weighted by molar-refractivity contribution is 0.0695. The molecular formula is C13H12N2O5S. The molecular weight excluding hydrogens is 296 g/mol. The summed E-state index contributed by atoms with van der Waals surface area (Å²) in [4.78, 5) is 18.4. The van der Waals surface area contributed by atoms with E-state index < -0.39 is 21.6 Å². The second kappa shape index (κ2) is 5.88. The van der Waals surface area contributed by atoms with Gasteiger partial charge in [-0.1, -0.05) is 12.1 Å². The van der Waals surface area contributed by atoms with E-state index in [9.17, 15) is 13.2 Å². The maximum absolute atomic E-state index is 12.4. The average molecular weight is 308 g/mol. The Kier molecular flexibility index (Phi) is 4.18. The molecule has 7 nitrogen and oxygen atoms in total. The fraction of sp³-hybridized carbons (Fsp3) is 0.154. The molecule has 0 radical (unpaired) electrons. The molecule has 1 N–H and O–H groups in total. The number of carbonyl (C=O) groups is 1. The van der Waals surface area contributed by atoms with Gasteiger partial charge in [-0.25, -0.2) is 23.2 Å². The van der Waals surface area contributed by atoms with E-state index >= 15 is 0 Å². The van der Waals surface area contributed by atoms with Gasteiger partial charge < -0.3 is 9.84 Å². The topological polar surface area (TPSA) is 106 Å². The molecule has 0 bridgehead atoms. The zero-order valence-corrected chi connectivity index (χ0v) is 11.9. The molecule has 0 unspecified atom stereocenters. The van der Waals surface area contributed by atoms with Crippen LogP contribution in [0.3, 0.4) is 0 Å². The summed E-state index contributed by atoms with van der Waals surface area (Å²) in [5, 5.41) is 9.03. The number of methoxy groups -OCH3 is 1. The van der Waals surface area contributed by atoms with Gasteiger partial charge in [0.05, 0.1) is 18.6 Å². The van der Waals surface area contributed by atoms with Crippen molar-refractivity contribution in [3.05, 3.63) is 48.0 Å². The van der Waals surface area contributed by atoms with E-state index in [0.29, 0.717) is 0 Å². The van der Waals surface area contributed by atoms with Gasteiger partial charge >= 0.3 is 5.97 Å². The predicted molar refractivity (Wildman–Crippen MR) is 72.9 cm³/mol. The molecule has 0 fully saturated rings. The van der Waals surface area contributed by atoms with E-state index in [1.165, 1.54) is 19.2 Å². The molecule has 0 saturated carbocycles. The first-order chi connectivity index (χ1) is 9.95. The number of carboxylic acid groups (broad SMARTS) is 1. The Balaban J connectivity index is 2.45. The second-order valence-corrected chi connectivity index (χ2v) is 6.06. The van der Waals surface area contributed by atoms with Crippen molar-refractivity contribution in [2.45, 2.75) is 10.6 Å². The molecule has 2 aromatic rings. The number of para-hydroxylation sites is 1. The molecule has 2 rings (SSSR count). The van der Waals surface area contributed by atoms with Crippen LogP contribution in [0.15, 0.2) is 41.7 Å². The third-order valence-electron chi connectivity index (χ3n) is 2.76. The summed E-state index contributed by atoms with van der Waals surface area (Å²) in [7, 11) is -2.43. The summed E-state index contributed by atoms with van der Waals surface area (Å²) in [6.07, 6.45) is 2.18. The third kappa shape index (κ3) is 3.16. The Hall–Kier alpha value is -2.48. The lowest BCUT2D eigenvalue weighted by atomic mass is 10.2. The number of nitrogens with zero attached hydrogens (tertiary/aromatic N) is 2. The van der Waals surface area contributed by atoms with Gasteiger partial charge in [0.15, 0.2) is 9.84 Å². The van der Waals surface area contributed by atoms with Crippen LogP contribution >= 0.6 is 0 Å². The summed E-state index contributed by atoms with van der Waals surface area (Å²) in [5.41, 5.74) is -0.306. The standard InChI is InChI=1S/C13H12N2O5S/c1-20-11-4-2-3-5-12(11)21(18,19)7-10-9(13(16)17)6-14-8-15-10/h2-6,8H,7H2,1H3,(H,16,17). The van der Waals surface area contributed by atoms with Crippen molar-refractivity contribution >= 4 is 15.8 Å². The van der Waals surface area contributed by atoms with E-state index in [1.807, 2.05) is 0 Å². The van der Waals surface area contributed by atoms with Crippen LogP contribution in [-0.4, -0.2) is 36.6 Å². The van der Waals surface area contributed by atoms with E-state index in [-0.39, 0.29) is 21.9 Å². The molecule has 21 heavy (non-hydrogen) atoms. The lowest BCUT2D eigenvalue weighted by Gasteiger charge is -2.09. The SMILES string of the molecule is COc1ccccc1S(=O)(=O)Cc1ncncc1C(=O)O. The van der Waals surface area contributed by atoms with E-state index in [0.717, 1.165) is 12.5 Å². The molecule has 0 aliphatic rings. The van der Waals surface area contributed by atoms with Gasteiger partial charge in [-0.2, -0.15) is 0 Å². The monoisotopic (exact) mass is 308 g/mol. The molecule has 1 aromatic heterocycles. The normalized spacial score (nSPS) is 11.1. The van der Waals surface area contributed by atoms with Crippen LogP contribution in [0.4, 0.5) is 0 Å². The first-order valence-corrected chi connectivity index (χ1v) is 7.49. The van der Waals surface area contributed by atoms with Gasteiger partial charge in [0.2, 0.25) is 0 Å². The van der Waals surface area contributed by atoms with Crippen molar-refractivity contribution in [3.8, 4) is 5.75 Å². The number of hydrogen-bond acceptors (Lipinski definition) is 6. The van der Waals surface area contributed by atoms with E-state index in [4.69, 9.17) is 9.84 Å². The minimum absolute atomic E-state index is 0.0116. The molecule has 0 atom stereocenters. The molecule has 1 heterocycles. The van der Waals surface area contributed by atoms with Crippen LogP contribution < -0.4 is 4.74 Å². The number of rotatable bonds is 5. The Morgan fingerprint density at radius 1 is 1.33 bits per heavy atom. The fourth-order valence-electron chi connectivity index (χ4n) is 1.78. The zero-order valence-electron chi connectivity index (χ0n) is 11.1. The molecule has 0 saturated heterocycles. The van der Waals surface area contributed by atoms with Crippen LogP contribution in [0.25, 0.3) is 0 Å². The molecule has 0 spiro atoms. The van der Waals surface area contributed by atoms with Gasteiger partial charge in [-0.3, -0.25) is 0 Å². The highest BCUT2D eigenvalue weighted by Crippen LogP contribution is 2.26. The number of aromatic nitrogens is 2. The Morgan fingerprint density at radius 3 is 2.71 bits per heavy atom. The van der Waals surface area contributed by atoms with Crippen molar-refractivity contribution in [1.29, 1.82) is 0 Å². The smallest absolute Gasteiger partial charge is 0.339 e. The number of ether oxygens (including phenoxy) is 1. The van der Waals surface area contributed by atoms with Gasteiger partial charge in [0.25, 0.3) is 0 Å². The molecule has 0 amide bonds. The quantitative estimate of drug-likeness (QED) is 0.883. The summed E-state index contributed by atoms with van der Waals surface area (Å²) < 4.78 is 29.9. The highest BCUT2D eigenvalue weighted by atomic mass is 32.2. The summed E-state index contributed by atoms with van der Waals surface area (Å²) in [6.45, 7) is 0. The van der Waals surface area contributed by atoms with Crippen molar-refractivity contribution < 1.29 is 23.1 Å². The molecule has 0 aliphatic carbocycles. The number of hydrogen-bond donors (Lipinski definition) is 1. The molecule has 0 aliphatic heterocycles. The Morgan fingerprint density at radius 2 is 2.05 bits per heavy atom. The summed E-state index contributed by atoms with van der Waals surface area (Å²) >= 11 is 0. The largest absolute Gasteiger partial charge is 0.495 e. The number of benzene rings is 1.